The number of piperidine rings is 1. The van der Waals surface area contributed by atoms with Crippen LogP contribution in [-0.4, -0.2) is 49.2 Å². The molecule has 1 aromatic rings. The van der Waals surface area contributed by atoms with Gasteiger partial charge in [0.1, 0.15) is 0 Å². The maximum atomic E-state index is 12.2. The van der Waals surface area contributed by atoms with Gasteiger partial charge in [-0.3, -0.25) is 0 Å². The Morgan fingerprint density at radius 2 is 2.29 bits per heavy atom. The van der Waals surface area contributed by atoms with Gasteiger partial charge in [-0.15, -0.1) is 10.2 Å². The average molecular weight is 278 g/mol. The molecule has 1 aromatic heterocycles. The van der Waals surface area contributed by atoms with Crippen LogP contribution < -0.4 is 5.73 Å². The van der Waals surface area contributed by atoms with E-state index in [4.69, 9.17) is 10.5 Å². The van der Waals surface area contributed by atoms with Crippen LogP contribution in [-0.2, 0) is 14.8 Å². The van der Waals surface area contributed by atoms with Crippen molar-refractivity contribution in [3.63, 3.8) is 0 Å². The van der Waals surface area contributed by atoms with Crippen LogP contribution >= 0.6 is 11.3 Å². The number of nitrogens with zero attached hydrogens (tertiary/aromatic N) is 3. The van der Waals surface area contributed by atoms with Crippen molar-refractivity contribution in [1.29, 1.82) is 0 Å². The third-order valence-electron chi connectivity index (χ3n) is 2.66. The van der Waals surface area contributed by atoms with Crippen LogP contribution in [0.1, 0.15) is 12.8 Å². The lowest BCUT2D eigenvalue weighted by Crippen LogP contribution is -2.42. The molecule has 0 amide bonds. The highest BCUT2D eigenvalue weighted by Crippen LogP contribution is 2.24. The highest BCUT2D eigenvalue weighted by atomic mass is 32.2. The lowest BCUT2D eigenvalue weighted by Gasteiger charge is -2.30. The van der Waals surface area contributed by atoms with E-state index in [1.54, 1.807) is 7.11 Å². The zero-order valence-electron chi connectivity index (χ0n) is 9.37. The number of nitrogen functional groups attached to an aromatic ring is 1. The van der Waals surface area contributed by atoms with E-state index in [2.05, 4.69) is 10.2 Å². The van der Waals surface area contributed by atoms with Crippen LogP contribution in [0.4, 0.5) is 5.13 Å². The van der Waals surface area contributed by atoms with Gasteiger partial charge in [-0.2, -0.15) is 4.31 Å². The zero-order chi connectivity index (χ0) is 12.5. The normalized spacial score (nSPS) is 22.8. The molecule has 0 aliphatic carbocycles. The molecule has 2 N–H and O–H groups in total. The molecule has 1 saturated heterocycles. The van der Waals surface area contributed by atoms with Gasteiger partial charge in [-0.1, -0.05) is 11.3 Å². The fourth-order valence-corrected chi connectivity index (χ4v) is 4.18. The SMILES string of the molecule is COC1CCCN(S(=O)(=O)c2nnc(N)s2)C1. The number of sulfonamides is 1. The summed E-state index contributed by atoms with van der Waals surface area (Å²) in [5.41, 5.74) is 5.40. The summed E-state index contributed by atoms with van der Waals surface area (Å²) < 4.78 is 30.9. The van der Waals surface area contributed by atoms with E-state index in [0.717, 1.165) is 24.2 Å². The highest BCUT2D eigenvalue weighted by molar-refractivity contribution is 7.91. The first-order valence-corrected chi connectivity index (χ1v) is 7.41. The number of nitrogens with two attached hydrogens (primary N) is 1. The first-order chi connectivity index (χ1) is 8.04. The first kappa shape index (κ1) is 12.7. The molecular weight excluding hydrogens is 264 g/mol. The Bertz CT molecular complexity index is 487. The van der Waals surface area contributed by atoms with E-state index in [9.17, 15) is 8.42 Å². The van der Waals surface area contributed by atoms with E-state index in [1.165, 1.54) is 4.31 Å². The molecule has 0 bridgehead atoms. The summed E-state index contributed by atoms with van der Waals surface area (Å²) in [5, 5.41) is 7.27. The van der Waals surface area contributed by atoms with Crippen LogP contribution in [0.15, 0.2) is 4.34 Å². The van der Waals surface area contributed by atoms with Gasteiger partial charge in [0.15, 0.2) is 0 Å². The van der Waals surface area contributed by atoms with Crippen LogP contribution in [0.5, 0.6) is 0 Å². The molecule has 2 heterocycles. The number of methoxy groups -OCH3 is 1. The molecule has 1 aliphatic rings. The van der Waals surface area contributed by atoms with Gasteiger partial charge >= 0.3 is 0 Å². The Labute approximate surface area is 104 Å². The average Bonchev–Trinajstić information content (AvgIpc) is 2.76. The van der Waals surface area contributed by atoms with Crippen molar-refractivity contribution >= 4 is 26.5 Å². The van der Waals surface area contributed by atoms with Gasteiger partial charge in [0.25, 0.3) is 10.0 Å². The third kappa shape index (κ3) is 2.57. The minimum absolute atomic E-state index is 0.0493. The predicted octanol–water partition coefficient (Wildman–Crippen LogP) is -0.0802. The summed E-state index contributed by atoms with van der Waals surface area (Å²) in [6.07, 6.45) is 1.61. The van der Waals surface area contributed by atoms with E-state index >= 15 is 0 Å². The van der Waals surface area contributed by atoms with Crippen molar-refractivity contribution in [2.24, 2.45) is 0 Å². The van der Waals surface area contributed by atoms with Gasteiger partial charge in [-0.25, -0.2) is 8.42 Å². The summed E-state index contributed by atoms with van der Waals surface area (Å²) in [6, 6.07) is 0. The van der Waals surface area contributed by atoms with Gasteiger partial charge in [0.2, 0.25) is 9.47 Å². The number of rotatable bonds is 3. The standard InChI is InChI=1S/C8H14N4O3S2/c1-15-6-3-2-4-12(5-6)17(13,14)8-11-10-7(9)16-8/h6H,2-5H2,1H3,(H2,9,10). The minimum atomic E-state index is -3.57. The number of ether oxygens (including phenoxy) is 1. The van der Waals surface area contributed by atoms with Gasteiger partial charge in [-0.05, 0) is 12.8 Å². The van der Waals surface area contributed by atoms with Crippen molar-refractivity contribution < 1.29 is 13.2 Å². The first-order valence-electron chi connectivity index (χ1n) is 5.16. The predicted molar refractivity (Wildman–Crippen MR) is 63.1 cm³/mol. The lowest BCUT2D eigenvalue weighted by molar-refractivity contribution is 0.0571. The second kappa shape index (κ2) is 4.84. The molecule has 0 saturated carbocycles. The van der Waals surface area contributed by atoms with Crippen molar-refractivity contribution in [1.82, 2.24) is 14.5 Å². The smallest absolute Gasteiger partial charge is 0.272 e. The van der Waals surface area contributed by atoms with Crippen LogP contribution in [0, 0.1) is 0 Å². The van der Waals surface area contributed by atoms with Crippen LogP contribution in [0.3, 0.4) is 0 Å². The van der Waals surface area contributed by atoms with Gasteiger partial charge in [0, 0.05) is 20.2 Å². The lowest BCUT2D eigenvalue weighted by atomic mass is 10.1. The monoisotopic (exact) mass is 278 g/mol. The fraction of sp³-hybridized carbons (Fsp3) is 0.750. The second-order valence-electron chi connectivity index (χ2n) is 3.77. The van der Waals surface area contributed by atoms with Crippen LogP contribution in [0.25, 0.3) is 0 Å². The van der Waals surface area contributed by atoms with Crippen molar-refractivity contribution in [3.8, 4) is 0 Å². The summed E-state index contributed by atoms with van der Waals surface area (Å²) in [4.78, 5) is 0. The molecule has 0 radical (unpaired) electrons. The molecule has 2 rings (SSSR count). The Hall–Kier alpha value is -0.770. The molecule has 1 unspecified atom stereocenters. The highest BCUT2D eigenvalue weighted by Gasteiger charge is 2.32. The summed E-state index contributed by atoms with van der Waals surface area (Å²) in [6.45, 7) is 0.847. The molecule has 96 valence electrons. The molecule has 0 aromatic carbocycles. The van der Waals surface area contributed by atoms with Crippen molar-refractivity contribution in [2.45, 2.75) is 23.3 Å². The van der Waals surface area contributed by atoms with E-state index < -0.39 is 10.0 Å². The number of hydrogen-bond acceptors (Lipinski definition) is 7. The number of aromatic nitrogens is 2. The largest absolute Gasteiger partial charge is 0.380 e. The molecule has 17 heavy (non-hydrogen) atoms. The Morgan fingerprint density at radius 3 is 2.88 bits per heavy atom. The third-order valence-corrected chi connectivity index (χ3v) is 5.62. The Kier molecular flexibility index (Phi) is 3.61. The zero-order valence-corrected chi connectivity index (χ0v) is 11.0. The molecule has 1 aliphatic heterocycles. The second-order valence-corrected chi connectivity index (χ2v) is 6.89. The number of anilines is 1. The molecule has 1 fully saturated rings. The molecule has 7 nitrogen and oxygen atoms in total. The summed E-state index contributed by atoms with van der Waals surface area (Å²) in [5.74, 6) is 0. The van der Waals surface area contributed by atoms with Crippen LogP contribution in [0.2, 0.25) is 0 Å². The fourth-order valence-electron chi connectivity index (χ4n) is 1.75. The summed E-state index contributed by atoms with van der Waals surface area (Å²) >= 11 is 0.882. The maximum Gasteiger partial charge on any atom is 0.272 e. The molecule has 0 spiro atoms. The maximum absolute atomic E-state index is 12.2. The molecule has 1 atom stereocenters. The topological polar surface area (TPSA) is 98.4 Å². The van der Waals surface area contributed by atoms with E-state index in [0.29, 0.717) is 13.1 Å². The minimum Gasteiger partial charge on any atom is -0.380 e. The van der Waals surface area contributed by atoms with Crippen molar-refractivity contribution in [2.75, 3.05) is 25.9 Å². The molecule has 9 heteroatoms. The van der Waals surface area contributed by atoms with Gasteiger partial charge < -0.3 is 10.5 Å². The Morgan fingerprint density at radius 1 is 1.53 bits per heavy atom. The molecular formula is C8H14N4O3S2. The van der Waals surface area contributed by atoms with Gasteiger partial charge in [0.05, 0.1) is 6.10 Å². The summed E-state index contributed by atoms with van der Waals surface area (Å²) in [7, 11) is -1.98. The quantitative estimate of drug-likeness (QED) is 0.830. The van der Waals surface area contributed by atoms with E-state index in [-0.39, 0.29) is 15.6 Å². The van der Waals surface area contributed by atoms with E-state index in [1.807, 2.05) is 0 Å². The number of hydrogen-bond donors (Lipinski definition) is 1. The van der Waals surface area contributed by atoms with Crippen molar-refractivity contribution in [3.05, 3.63) is 0 Å². The Balaban J connectivity index is 2.21.